The summed E-state index contributed by atoms with van der Waals surface area (Å²) in [4.78, 5) is 4.67. The maximum atomic E-state index is 7.08. The lowest BCUT2D eigenvalue weighted by atomic mass is 9.92. The molecule has 1 aliphatic heterocycles. The number of rotatable bonds is 8. The molecule has 12 rings (SSSR count). The quantitative estimate of drug-likeness (QED) is 0.152. The maximum absolute atomic E-state index is 7.08. The van der Waals surface area contributed by atoms with E-state index < -0.39 is 0 Å². The summed E-state index contributed by atoms with van der Waals surface area (Å²) in [6.45, 7) is 0. The van der Waals surface area contributed by atoms with Gasteiger partial charge in [-0.1, -0.05) is 158 Å². The van der Waals surface area contributed by atoms with E-state index in [1.807, 2.05) is 11.3 Å². The molecule has 1 aromatic heterocycles. The highest BCUT2D eigenvalue weighted by Crippen LogP contribution is 2.55. The van der Waals surface area contributed by atoms with E-state index in [2.05, 4.69) is 240 Å². The van der Waals surface area contributed by atoms with Gasteiger partial charge in [-0.25, -0.2) is 0 Å². The highest BCUT2D eigenvalue weighted by atomic mass is 32.1. The first-order chi connectivity index (χ1) is 30.8. The number of hydrogen-bond donors (Lipinski definition) is 0. The number of anilines is 6. The zero-order valence-corrected chi connectivity index (χ0v) is 34.5. The van der Waals surface area contributed by atoms with Gasteiger partial charge < -0.3 is 14.5 Å². The largest absolute Gasteiger partial charge is 0.454 e. The number of para-hydroxylation sites is 3. The van der Waals surface area contributed by atoms with E-state index in [0.29, 0.717) is 0 Å². The van der Waals surface area contributed by atoms with Crippen molar-refractivity contribution in [1.29, 1.82) is 0 Å². The standard InChI is InChI=1S/C58H38N2OS/c1-4-15-39(16-5-1)40-29-33-44(34-30-40)59(45-35-31-41(32-36-45)46-22-12-25-50-47-21-10-11-28-55(47)62-58(46)50)52-37-38-54-56-48(23-13-26-51(52)56)49-24-14-27-53(57(49)61-54)60(42-17-6-2-7-18-42)43-19-8-3-9-20-43/h1-38H. The molecule has 292 valence electrons. The molecule has 0 atom stereocenters. The van der Waals surface area contributed by atoms with Crippen LogP contribution in [0.4, 0.5) is 34.1 Å². The molecule has 4 heteroatoms. The van der Waals surface area contributed by atoms with Crippen LogP contribution in [0.2, 0.25) is 0 Å². The van der Waals surface area contributed by atoms with E-state index >= 15 is 0 Å². The monoisotopic (exact) mass is 810 g/mol. The van der Waals surface area contributed by atoms with E-state index in [0.717, 1.165) is 67.5 Å². The van der Waals surface area contributed by atoms with Crippen molar-refractivity contribution in [2.75, 3.05) is 9.80 Å². The van der Waals surface area contributed by atoms with Crippen LogP contribution in [0.5, 0.6) is 11.5 Å². The lowest BCUT2D eigenvalue weighted by molar-refractivity contribution is 0.488. The molecule has 0 unspecified atom stereocenters. The van der Waals surface area contributed by atoms with E-state index in [9.17, 15) is 0 Å². The fourth-order valence-corrected chi connectivity index (χ4v) is 10.4. The average molecular weight is 811 g/mol. The van der Waals surface area contributed by atoms with Gasteiger partial charge in [0.15, 0.2) is 5.75 Å². The Kier molecular flexibility index (Phi) is 8.68. The Hall–Kier alpha value is -7.92. The molecule has 0 fully saturated rings. The first-order valence-electron chi connectivity index (χ1n) is 21.0. The van der Waals surface area contributed by atoms with Crippen LogP contribution < -0.4 is 14.5 Å². The normalized spacial score (nSPS) is 11.7. The fraction of sp³-hybridized carbons (Fsp3) is 0. The molecule has 0 N–H and O–H groups in total. The molecule has 0 spiro atoms. The molecule has 0 amide bonds. The SMILES string of the molecule is c1ccc(-c2ccc(N(c3ccc(-c4cccc5c4sc4ccccc45)cc3)c3ccc4c5c(cccc35)-c3cccc(N(c5ccccc5)c5ccccc5)c3O4)cc2)cc1. The molecule has 0 saturated heterocycles. The van der Waals surface area contributed by atoms with Crippen molar-refractivity contribution in [3.63, 3.8) is 0 Å². The van der Waals surface area contributed by atoms with Gasteiger partial charge in [0.25, 0.3) is 0 Å². The summed E-state index contributed by atoms with van der Waals surface area (Å²) in [7, 11) is 0. The molecule has 10 aromatic carbocycles. The van der Waals surface area contributed by atoms with Crippen molar-refractivity contribution >= 4 is 76.4 Å². The smallest absolute Gasteiger partial charge is 0.159 e. The van der Waals surface area contributed by atoms with Crippen molar-refractivity contribution in [3.05, 3.63) is 231 Å². The Morgan fingerprint density at radius 1 is 0.323 bits per heavy atom. The van der Waals surface area contributed by atoms with Crippen LogP contribution in [0.1, 0.15) is 0 Å². The Morgan fingerprint density at radius 3 is 1.55 bits per heavy atom. The van der Waals surface area contributed by atoms with Gasteiger partial charge in [-0.05, 0) is 101 Å². The highest BCUT2D eigenvalue weighted by Gasteiger charge is 2.28. The van der Waals surface area contributed by atoms with E-state index in [-0.39, 0.29) is 0 Å². The third kappa shape index (κ3) is 6.03. The topological polar surface area (TPSA) is 15.7 Å². The zero-order valence-electron chi connectivity index (χ0n) is 33.7. The van der Waals surface area contributed by atoms with Gasteiger partial charge in [-0.15, -0.1) is 11.3 Å². The maximum Gasteiger partial charge on any atom is 0.159 e. The van der Waals surface area contributed by atoms with Gasteiger partial charge >= 0.3 is 0 Å². The molecule has 2 heterocycles. The Morgan fingerprint density at radius 2 is 0.839 bits per heavy atom. The number of benzene rings is 10. The van der Waals surface area contributed by atoms with Crippen molar-refractivity contribution in [2.24, 2.45) is 0 Å². The predicted octanol–water partition coefficient (Wildman–Crippen LogP) is 17.3. The Balaban J connectivity index is 1.00. The first kappa shape index (κ1) is 36.0. The summed E-state index contributed by atoms with van der Waals surface area (Å²) >= 11 is 1.87. The zero-order chi connectivity index (χ0) is 41.0. The molecular formula is C58H38N2OS. The molecule has 0 saturated carbocycles. The third-order valence-corrected chi connectivity index (χ3v) is 13.3. The van der Waals surface area contributed by atoms with Crippen LogP contribution in [0, 0.1) is 0 Å². The minimum absolute atomic E-state index is 0.838. The van der Waals surface area contributed by atoms with Gasteiger partial charge in [0.05, 0.1) is 11.4 Å². The van der Waals surface area contributed by atoms with Crippen LogP contribution in [0.25, 0.3) is 64.3 Å². The summed E-state index contributed by atoms with van der Waals surface area (Å²) in [6, 6.07) is 82.5. The van der Waals surface area contributed by atoms with Gasteiger partial charge in [0, 0.05) is 59.3 Å². The van der Waals surface area contributed by atoms with Crippen molar-refractivity contribution in [2.45, 2.75) is 0 Å². The third-order valence-electron chi connectivity index (χ3n) is 12.1. The predicted molar refractivity (Wildman–Crippen MR) is 263 cm³/mol. The summed E-state index contributed by atoms with van der Waals surface area (Å²) in [5, 5.41) is 4.83. The summed E-state index contributed by atoms with van der Waals surface area (Å²) < 4.78 is 9.71. The van der Waals surface area contributed by atoms with Gasteiger partial charge in [-0.3, -0.25) is 0 Å². The molecule has 1 aliphatic rings. The number of hydrogen-bond acceptors (Lipinski definition) is 4. The second-order valence-electron chi connectivity index (χ2n) is 15.6. The lowest BCUT2D eigenvalue weighted by Gasteiger charge is -2.32. The van der Waals surface area contributed by atoms with Crippen LogP contribution in [-0.2, 0) is 0 Å². The Labute approximate surface area is 364 Å². The number of fused-ring (bicyclic) bond motifs is 5. The van der Waals surface area contributed by atoms with E-state index in [4.69, 9.17) is 4.74 Å². The average Bonchev–Trinajstić information content (AvgIpc) is 3.73. The lowest BCUT2D eigenvalue weighted by Crippen LogP contribution is -2.13. The van der Waals surface area contributed by atoms with Gasteiger partial charge in [-0.2, -0.15) is 0 Å². The minimum atomic E-state index is 0.838. The Bertz CT molecular complexity index is 3380. The van der Waals surface area contributed by atoms with E-state index in [1.54, 1.807) is 0 Å². The van der Waals surface area contributed by atoms with Crippen LogP contribution >= 0.6 is 11.3 Å². The first-order valence-corrected chi connectivity index (χ1v) is 21.8. The molecule has 0 radical (unpaired) electrons. The number of nitrogens with zero attached hydrogens (tertiary/aromatic N) is 2. The number of ether oxygens (including phenoxy) is 1. The van der Waals surface area contributed by atoms with Gasteiger partial charge in [0.1, 0.15) is 5.75 Å². The molecule has 0 bridgehead atoms. The van der Waals surface area contributed by atoms with E-state index in [1.165, 1.54) is 42.4 Å². The van der Waals surface area contributed by atoms with Crippen molar-refractivity contribution in [1.82, 2.24) is 0 Å². The summed E-state index contributed by atoms with van der Waals surface area (Å²) in [6.07, 6.45) is 0. The van der Waals surface area contributed by atoms with Crippen LogP contribution in [0.3, 0.4) is 0 Å². The second kappa shape index (κ2) is 15.0. The van der Waals surface area contributed by atoms with Crippen LogP contribution in [-0.4, -0.2) is 0 Å². The fourth-order valence-electron chi connectivity index (χ4n) is 9.20. The summed E-state index contributed by atoms with van der Waals surface area (Å²) in [5.41, 5.74) is 13.4. The van der Waals surface area contributed by atoms with Gasteiger partial charge in [0.2, 0.25) is 0 Å². The second-order valence-corrected chi connectivity index (χ2v) is 16.7. The molecule has 0 aliphatic carbocycles. The van der Waals surface area contributed by atoms with Crippen molar-refractivity contribution < 1.29 is 4.74 Å². The molecular weight excluding hydrogens is 773 g/mol. The molecule has 3 nitrogen and oxygen atoms in total. The minimum Gasteiger partial charge on any atom is -0.454 e. The van der Waals surface area contributed by atoms with Crippen LogP contribution in [0.15, 0.2) is 231 Å². The summed E-state index contributed by atoms with van der Waals surface area (Å²) in [5.74, 6) is 1.68. The molecule has 11 aromatic rings. The van der Waals surface area contributed by atoms with Crippen molar-refractivity contribution in [3.8, 4) is 44.9 Å². The number of thiophene rings is 1. The highest BCUT2D eigenvalue weighted by molar-refractivity contribution is 7.26. The molecule has 62 heavy (non-hydrogen) atoms.